The molecule has 0 saturated carbocycles. The summed E-state index contributed by atoms with van der Waals surface area (Å²) >= 11 is 0. The maximum Gasteiger partial charge on any atom is 1.00 e. The maximum atomic E-state index is 3.12. The van der Waals surface area contributed by atoms with E-state index in [-0.39, 0.29) is 44.5 Å². The largest absolute Gasteiger partial charge is 1.00 e. The molecule has 2 aromatic carbocycles. The summed E-state index contributed by atoms with van der Waals surface area (Å²) in [6, 6.07) is 20.6. The van der Waals surface area contributed by atoms with Crippen LogP contribution >= 0.6 is 13.5 Å². The number of hydrogen-bond donors (Lipinski definition) is 2. The van der Waals surface area contributed by atoms with Crippen LogP contribution in [0.2, 0.25) is 0 Å². The summed E-state index contributed by atoms with van der Waals surface area (Å²) in [5.41, 5.74) is 2.41. The van der Waals surface area contributed by atoms with Crippen molar-refractivity contribution < 1.29 is 31.0 Å². The molecule has 0 fully saturated rings. The van der Waals surface area contributed by atoms with E-state index in [1.807, 2.05) is 36.7 Å². The van der Waals surface area contributed by atoms with Crippen molar-refractivity contribution in [3.8, 4) is 0 Å². The van der Waals surface area contributed by atoms with Gasteiger partial charge in [-0.1, -0.05) is 36.4 Å². The van der Waals surface area contributed by atoms with Crippen molar-refractivity contribution in [3.05, 3.63) is 73.1 Å². The van der Waals surface area contributed by atoms with E-state index in [0.29, 0.717) is 0 Å². The van der Waals surface area contributed by atoms with Gasteiger partial charge in [0.2, 0.25) is 0 Å². The molecule has 0 aliphatic heterocycles. The van der Waals surface area contributed by atoms with Crippen LogP contribution in [0.25, 0.3) is 21.8 Å². The maximum absolute atomic E-state index is 3.12. The van der Waals surface area contributed by atoms with Crippen LogP contribution in [-0.4, -0.2) is 9.97 Å². The molecule has 0 bridgehead atoms. The van der Waals surface area contributed by atoms with Gasteiger partial charge in [0.05, 0.1) is 0 Å². The average Bonchev–Trinajstić information content (AvgIpc) is 3.08. The predicted molar refractivity (Wildman–Crippen MR) is 88.1 cm³/mol. The van der Waals surface area contributed by atoms with Gasteiger partial charge in [0.25, 0.3) is 0 Å². The smallest absolute Gasteiger partial charge is 1.00 e. The van der Waals surface area contributed by atoms with E-state index in [1.54, 1.807) is 0 Å². The number of para-hydroxylation sites is 2. The summed E-state index contributed by atoms with van der Waals surface area (Å²) in [5, 5.41) is 2.55. The van der Waals surface area contributed by atoms with Crippen molar-refractivity contribution in [3.63, 3.8) is 0 Å². The summed E-state index contributed by atoms with van der Waals surface area (Å²) in [6.07, 6.45) is 3.90. The van der Waals surface area contributed by atoms with Crippen molar-refractivity contribution >= 4 is 35.3 Å². The van der Waals surface area contributed by atoms with E-state index in [2.05, 4.69) is 46.4 Å². The molecule has 2 nitrogen and oxygen atoms in total. The Bertz CT molecular complexity index is 640. The minimum Gasteiger partial charge on any atom is -1.00 e. The molecule has 4 heteroatoms. The van der Waals surface area contributed by atoms with Gasteiger partial charge in [0.1, 0.15) is 0 Å². The van der Waals surface area contributed by atoms with Gasteiger partial charge >= 0.3 is 29.6 Å². The molecule has 0 unspecified atom stereocenters. The fourth-order valence-corrected chi connectivity index (χ4v) is 1.99. The molecule has 0 atom stereocenters. The first kappa shape index (κ1) is 16.9. The normalized spacial score (nSPS) is 9.20. The Morgan fingerprint density at radius 3 is 1.40 bits per heavy atom. The Balaban J connectivity index is 0.000000333. The fraction of sp³-hybridized carbons (Fsp3) is 0. The molecule has 0 aliphatic carbocycles. The summed E-state index contributed by atoms with van der Waals surface area (Å²) in [7, 11) is 0. The quantitative estimate of drug-likeness (QED) is 0.461. The van der Waals surface area contributed by atoms with Crippen LogP contribution in [0.5, 0.6) is 0 Å². The summed E-state index contributed by atoms with van der Waals surface area (Å²) < 4.78 is 0. The van der Waals surface area contributed by atoms with E-state index in [9.17, 15) is 0 Å². The van der Waals surface area contributed by atoms with E-state index >= 15 is 0 Å². The molecule has 0 spiro atoms. The van der Waals surface area contributed by atoms with Crippen LogP contribution in [-0.2, 0) is 0 Å². The number of benzene rings is 2. The second kappa shape index (κ2) is 8.22. The molecule has 0 amide bonds. The molecule has 2 aromatic heterocycles. The number of nitrogens with one attached hydrogen (secondary N) is 2. The van der Waals surface area contributed by atoms with Crippen LogP contribution in [0.4, 0.5) is 0 Å². The van der Waals surface area contributed by atoms with Crippen LogP contribution < -0.4 is 29.6 Å². The van der Waals surface area contributed by atoms with Gasteiger partial charge in [-0.15, -0.1) is 0 Å². The first-order valence-electron chi connectivity index (χ1n) is 5.98. The van der Waals surface area contributed by atoms with Gasteiger partial charge < -0.3 is 11.4 Å². The first-order chi connectivity index (χ1) is 8.93. The summed E-state index contributed by atoms with van der Waals surface area (Å²) in [4.78, 5) is 6.24. The number of hydrogen-bond acceptors (Lipinski definition) is 0. The minimum absolute atomic E-state index is 0. The second-order valence-electron chi connectivity index (χ2n) is 4.13. The molecular weight excluding hydrogens is 275 g/mol. The van der Waals surface area contributed by atoms with Gasteiger partial charge in [-0.3, -0.25) is 0 Å². The van der Waals surface area contributed by atoms with Crippen molar-refractivity contribution in [2.24, 2.45) is 0 Å². The van der Waals surface area contributed by atoms with Crippen LogP contribution in [0.3, 0.4) is 0 Å². The van der Waals surface area contributed by atoms with Crippen LogP contribution in [0.1, 0.15) is 1.43 Å². The second-order valence-corrected chi connectivity index (χ2v) is 4.13. The molecule has 0 saturated heterocycles. The van der Waals surface area contributed by atoms with Crippen molar-refractivity contribution in [2.45, 2.75) is 0 Å². The molecule has 98 valence electrons. The summed E-state index contributed by atoms with van der Waals surface area (Å²) in [5.74, 6) is 0. The van der Waals surface area contributed by atoms with Crippen LogP contribution in [0.15, 0.2) is 73.1 Å². The van der Waals surface area contributed by atoms with E-state index < -0.39 is 0 Å². The van der Waals surface area contributed by atoms with Gasteiger partial charge in [-0.2, -0.15) is 13.5 Å². The molecule has 4 rings (SSSR count). The Hall–Kier alpha value is -1.13. The van der Waals surface area contributed by atoms with E-state index in [0.717, 1.165) is 0 Å². The Kier molecular flexibility index (Phi) is 6.96. The van der Waals surface area contributed by atoms with Gasteiger partial charge in [0.15, 0.2) is 0 Å². The van der Waals surface area contributed by atoms with E-state index in [4.69, 9.17) is 0 Å². The van der Waals surface area contributed by atoms with Gasteiger partial charge in [-0.05, 0) is 35.0 Å². The Morgan fingerprint density at radius 1 is 0.600 bits per heavy atom. The molecule has 0 radical (unpaired) electrons. The Morgan fingerprint density at radius 2 is 1.00 bits per heavy atom. The van der Waals surface area contributed by atoms with Gasteiger partial charge in [-0.25, -0.2) is 0 Å². The number of fused-ring (bicyclic) bond motifs is 2. The zero-order valence-corrected chi connectivity index (χ0v) is 14.4. The summed E-state index contributed by atoms with van der Waals surface area (Å²) in [6.45, 7) is 0. The fourth-order valence-electron chi connectivity index (χ4n) is 1.99. The third-order valence-electron chi connectivity index (χ3n) is 2.93. The van der Waals surface area contributed by atoms with Gasteiger partial charge in [0, 0.05) is 23.4 Å². The third kappa shape index (κ3) is 3.93. The molecule has 2 heterocycles. The number of aromatic amines is 2. The zero-order valence-electron chi connectivity index (χ0n) is 12.4. The Labute approximate surface area is 148 Å². The van der Waals surface area contributed by atoms with Crippen molar-refractivity contribution in [2.75, 3.05) is 0 Å². The standard InChI is InChI=1S/2C8H7N.Na.H2S.H/c2*1-2-4-8-7(3-1)5-6-9-8;;;/h2*1-6,9H;;1H2;/q;;+1;;-1. The molecule has 4 aromatic rings. The molecule has 20 heavy (non-hydrogen) atoms. The monoisotopic (exact) mass is 292 g/mol. The van der Waals surface area contributed by atoms with Crippen LogP contribution in [0, 0.1) is 0 Å². The molecule has 2 N–H and O–H groups in total. The minimum atomic E-state index is 0. The first-order valence-corrected chi connectivity index (χ1v) is 5.98. The number of H-pyrrole nitrogens is 2. The topological polar surface area (TPSA) is 31.6 Å². The average molecular weight is 292 g/mol. The van der Waals surface area contributed by atoms with E-state index in [1.165, 1.54) is 21.8 Å². The zero-order chi connectivity index (χ0) is 12.2. The SMILES string of the molecule is S.[H-].[Na+].c1ccc2[nH]ccc2c1.c1ccc2[nH]ccc2c1. The third-order valence-corrected chi connectivity index (χ3v) is 2.93. The predicted octanol–water partition coefficient (Wildman–Crippen LogP) is 1.57. The molecular formula is C16H17N2NaS. The number of aromatic nitrogens is 2. The molecule has 0 aliphatic rings. The number of rotatable bonds is 0. The van der Waals surface area contributed by atoms with Crippen molar-refractivity contribution in [1.29, 1.82) is 0 Å². The van der Waals surface area contributed by atoms with Crippen molar-refractivity contribution in [1.82, 2.24) is 9.97 Å².